The molecule has 0 fully saturated rings. The maximum Gasteiger partial charge on any atom is 0.254 e. The Morgan fingerprint density at radius 2 is 2.04 bits per heavy atom. The fraction of sp³-hybridized carbons (Fsp3) is 0.143. The first-order valence-corrected chi connectivity index (χ1v) is 9.20. The second-order valence-electron chi connectivity index (χ2n) is 6.64. The fourth-order valence-corrected chi connectivity index (χ4v) is 4.26. The van der Waals surface area contributed by atoms with Crippen LogP contribution in [0, 0.1) is 6.92 Å². The SMILES string of the molecule is C=C(CN1Cc2c(ccc3ccc(-c4cc(C)cs4)cc23)C1=O)C(N)=O. The second-order valence-corrected chi connectivity index (χ2v) is 7.56. The normalized spacial score (nSPS) is 13.3. The Bertz CT molecular complexity index is 1080. The van der Waals surface area contributed by atoms with Gasteiger partial charge in [-0.25, -0.2) is 0 Å². The summed E-state index contributed by atoms with van der Waals surface area (Å²) in [6.07, 6.45) is 0. The summed E-state index contributed by atoms with van der Waals surface area (Å²) in [5, 5.41) is 4.31. The van der Waals surface area contributed by atoms with Gasteiger partial charge in [0.1, 0.15) is 0 Å². The van der Waals surface area contributed by atoms with Crippen molar-refractivity contribution in [2.75, 3.05) is 6.54 Å². The van der Waals surface area contributed by atoms with Crippen LogP contribution in [0.5, 0.6) is 0 Å². The van der Waals surface area contributed by atoms with Gasteiger partial charge in [-0.2, -0.15) is 0 Å². The number of primary amides is 1. The zero-order valence-corrected chi connectivity index (χ0v) is 15.2. The van der Waals surface area contributed by atoms with Gasteiger partial charge in [0, 0.05) is 22.6 Å². The molecule has 4 nitrogen and oxygen atoms in total. The van der Waals surface area contributed by atoms with Crippen LogP contribution >= 0.6 is 11.3 Å². The number of nitrogens with two attached hydrogens (primary N) is 1. The molecule has 1 aliphatic heterocycles. The van der Waals surface area contributed by atoms with Gasteiger partial charge in [-0.15, -0.1) is 11.3 Å². The molecule has 0 aliphatic carbocycles. The lowest BCUT2D eigenvalue weighted by atomic mass is 9.98. The van der Waals surface area contributed by atoms with Crippen molar-refractivity contribution < 1.29 is 9.59 Å². The quantitative estimate of drug-likeness (QED) is 0.716. The number of fused-ring (bicyclic) bond motifs is 3. The Morgan fingerprint density at radius 1 is 1.27 bits per heavy atom. The molecule has 3 aromatic rings. The zero-order valence-electron chi connectivity index (χ0n) is 14.4. The van der Waals surface area contributed by atoms with Gasteiger partial charge in [0.25, 0.3) is 5.91 Å². The first-order valence-electron chi connectivity index (χ1n) is 8.32. The van der Waals surface area contributed by atoms with Gasteiger partial charge < -0.3 is 10.6 Å². The molecule has 0 unspecified atom stereocenters. The second kappa shape index (κ2) is 6.11. The Morgan fingerprint density at radius 3 is 2.73 bits per heavy atom. The highest BCUT2D eigenvalue weighted by Gasteiger charge is 2.29. The third-order valence-corrected chi connectivity index (χ3v) is 5.84. The topological polar surface area (TPSA) is 63.4 Å². The minimum absolute atomic E-state index is 0.0818. The highest BCUT2D eigenvalue weighted by molar-refractivity contribution is 7.13. The molecule has 2 heterocycles. The van der Waals surface area contributed by atoms with Crippen LogP contribution in [-0.4, -0.2) is 23.3 Å². The van der Waals surface area contributed by atoms with Crippen molar-refractivity contribution in [3.05, 3.63) is 70.6 Å². The third kappa shape index (κ3) is 2.70. The number of aryl methyl sites for hydroxylation is 1. The largest absolute Gasteiger partial charge is 0.366 e. The Balaban J connectivity index is 1.77. The number of amides is 2. The molecule has 0 saturated carbocycles. The van der Waals surface area contributed by atoms with Gasteiger partial charge in [-0.05, 0) is 58.0 Å². The lowest BCUT2D eigenvalue weighted by Gasteiger charge is -2.15. The van der Waals surface area contributed by atoms with E-state index in [2.05, 4.69) is 43.1 Å². The zero-order chi connectivity index (χ0) is 18.4. The highest BCUT2D eigenvalue weighted by atomic mass is 32.1. The van der Waals surface area contributed by atoms with Gasteiger partial charge in [0.2, 0.25) is 5.91 Å². The van der Waals surface area contributed by atoms with E-state index in [-0.39, 0.29) is 18.0 Å². The summed E-state index contributed by atoms with van der Waals surface area (Å²) in [7, 11) is 0. The number of rotatable bonds is 4. The molecular formula is C21H18N2O2S. The molecule has 0 spiro atoms. The number of benzene rings is 2. The van der Waals surface area contributed by atoms with Gasteiger partial charge in [0.05, 0.1) is 6.54 Å². The summed E-state index contributed by atoms with van der Waals surface area (Å²) in [5.41, 5.74) is 9.59. The number of nitrogens with zero attached hydrogens (tertiary/aromatic N) is 1. The van der Waals surface area contributed by atoms with Crippen LogP contribution in [0.25, 0.3) is 21.2 Å². The molecule has 4 rings (SSSR count). The summed E-state index contributed by atoms with van der Waals surface area (Å²) in [6.45, 7) is 6.37. The van der Waals surface area contributed by atoms with Gasteiger partial charge in [-0.3, -0.25) is 9.59 Å². The number of carbonyl (C=O) groups excluding carboxylic acids is 2. The molecule has 1 aromatic heterocycles. The van der Waals surface area contributed by atoms with Crippen LogP contribution in [0.3, 0.4) is 0 Å². The minimum atomic E-state index is -0.575. The van der Waals surface area contributed by atoms with Crippen molar-refractivity contribution in [3.63, 3.8) is 0 Å². The molecule has 2 N–H and O–H groups in total. The maximum absolute atomic E-state index is 12.7. The van der Waals surface area contributed by atoms with Gasteiger partial charge in [-0.1, -0.05) is 24.8 Å². The lowest BCUT2D eigenvalue weighted by Crippen LogP contribution is -2.30. The Hall–Kier alpha value is -2.92. The first-order chi connectivity index (χ1) is 12.4. The van der Waals surface area contributed by atoms with Crippen LogP contribution in [0.15, 0.2) is 53.9 Å². The fourth-order valence-electron chi connectivity index (χ4n) is 3.36. The van der Waals surface area contributed by atoms with Gasteiger partial charge in [0.15, 0.2) is 0 Å². The average molecular weight is 362 g/mol. The van der Waals surface area contributed by atoms with E-state index in [0.717, 1.165) is 21.9 Å². The van der Waals surface area contributed by atoms with Gasteiger partial charge >= 0.3 is 0 Å². The molecule has 5 heteroatoms. The smallest absolute Gasteiger partial charge is 0.254 e. The average Bonchev–Trinajstić information content (AvgIpc) is 3.19. The van der Waals surface area contributed by atoms with Crippen LogP contribution in [-0.2, 0) is 11.3 Å². The summed E-state index contributed by atoms with van der Waals surface area (Å²) in [5.74, 6) is -0.657. The van der Waals surface area contributed by atoms with E-state index < -0.39 is 5.91 Å². The number of carbonyl (C=O) groups is 2. The molecular weight excluding hydrogens is 344 g/mol. The number of hydrogen-bond donors (Lipinski definition) is 1. The first kappa shape index (κ1) is 16.5. The molecule has 2 aromatic carbocycles. The molecule has 0 saturated heterocycles. The van der Waals surface area contributed by atoms with E-state index in [4.69, 9.17) is 5.73 Å². The predicted molar refractivity (Wildman–Crippen MR) is 105 cm³/mol. The molecule has 1 aliphatic rings. The molecule has 26 heavy (non-hydrogen) atoms. The minimum Gasteiger partial charge on any atom is -0.366 e. The molecule has 0 radical (unpaired) electrons. The van der Waals surface area contributed by atoms with E-state index in [1.54, 1.807) is 16.2 Å². The van der Waals surface area contributed by atoms with Crippen LogP contribution in [0.4, 0.5) is 0 Å². The lowest BCUT2D eigenvalue weighted by molar-refractivity contribution is -0.114. The summed E-state index contributed by atoms with van der Waals surface area (Å²) < 4.78 is 0. The van der Waals surface area contributed by atoms with Crippen molar-refractivity contribution in [2.45, 2.75) is 13.5 Å². The van der Waals surface area contributed by atoms with E-state index in [9.17, 15) is 9.59 Å². The molecule has 0 atom stereocenters. The Kier molecular flexibility index (Phi) is 3.89. The molecule has 2 amide bonds. The maximum atomic E-state index is 12.7. The van der Waals surface area contributed by atoms with E-state index in [1.165, 1.54) is 10.4 Å². The highest BCUT2D eigenvalue weighted by Crippen LogP contribution is 2.35. The van der Waals surface area contributed by atoms with Crippen LogP contribution < -0.4 is 5.73 Å². The number of thiophene rings is 1. The van der Waals surface area contributed by atoms with Crippen molar-refractivity contribution >= 4 is 33.9 Å². The van der Waals surface area contributed by atoms with Crippen molar-refractivity contribution in [2.24, 2.45) is 5.73 Å². The molecule has 130 valence electrons. The van der Waals surface area contributed by atoms with E-state index in [0.29, 0.717) is 12.1 Å². The van der Waals surface area contributed by atoms with E-state index >= 15 is 0 Å². The third-order valence-electron chi connectivity index (χ3n) is 4.74. The van der Waals surface area contributed by atoms with Crippen molar-refractivity contribution in [3.8, 4) is 10.4 Å². The predicted octanol–water partition coefficient (Wildman–Crippen LogP) is 3.87. The summed E-state index contributed by atoms with van der Waals surface area (Å²) >= 11 is 1.72. The Labute approximate surface area is 155 Å². The summed E-state index contributed by atoms with van der Waals surface area (Å²) in [6, 6.07) is 12.4. The van der Waals surface area contributed by atoms with Crippen molar-refractivity contribution in [1.82, 2.24) is 4.90 Å². The van der Waals surface area contributed by atoms with Crippen LogP contribution in [0.2, 0.25) is 0 Å². The molecule has 0 bridgehead atoms. The monoisotopic (exact) mass is 362 g/mol. The van der Waals surface area contributed by atoms with Crippen LogP contribution in [0.1, 0.15) is 21.5 Å². The number of hydrogen-bond acceptors (Lipinski definition) is 3. The van der Waals surface area contributed by atoms with E-state index in [1.807, 2.05) is 12.1 Å². The van der Waals surface area contributed by atoms with Crippen molar-refractivity contribution in [1.29, 1.82) is 0 Å². The standard InChI is InChI=1S/C21H18N2O2S/c1-12-7-19(26-11-12)15-4-3-14-5-6-16-18(17(14)8-15)10-23(21(16)25)9-13(2)20(22)24/h3-8,11H,2,9-10H2,1H3,(H2,22,24). The summed E-state index contributed by atoms with van der Waals surface area (Å²) in [4.78, 5) is 26.8.